The summed E-state index contributed by atoms with van der Waals surface area (Å²) < 4.78 is 52.6. The normalized spacial score (nSPS) is 11.2. The summed E-state index contributed by atoms with van der Waals surface area (Å²) in [7, 11) is -4.20. The SMILES string of the molecule is CC(=O)c1ccccc1NS(=O)(=O)c1cc(F)cc(F)c1. The molecule has 0 atom stereocenters. The highest BCUT2D eigenvalue weighted by Crippen LogP contribution is 2.21. The van der Waals surface area contributed by atoms with E-state index in [1.807, 2.05) is 0 Å². The monoisotopic (exact) mass is 311 g/mol. The summed E-state index contributed by atoms with van der Waals surface area (Å²) in [5.41, 5.74) is 0.215. The molecule has 0 aliphatic heterocycles. The van der Waals surface area contributed by atoms with Crippen LogP contribution in [0.15, 0.2) is 47.4 Å². The fourth-order valence-electron chi connectivity index (χ4n) is 1.77. The number of hydrogen-bond acceptors (Lipinski definition) is 3. The number of nitrogens with one attached hydrogen (secondary N) is 1. The van der Waals surface area contributed by atoms with Gasteiger partial charge in [-0.25, -0.2) is 17.2 Å². The van der Waals surface area contributed by atoms with Gasteiger partial charge in [-0.1, -0.05) is 12.1 Å². The first-order valence-corrected chi connectivity index (χ1v) is 7.37. The summed E-state index contributed by atoms with van der Waals surface area (Å²) in [6.07, 6.45) is 0. The third-order valence-electron chi connectivity index (χ3n) is 2.70. The van der Waals surface area contributed by atoms with E-state index in [0.717, 1.165) is 0 Å². The number of carbonyl (C=O) groups excluding carboxylic acids is 1. The standard InChI is InChI=1S/C14H11F2NO3S/c1-9(18)13-4-2-3-5-14(13)17-21(19,20)12-7-10(15)6-11(16)8-12/h2-8,17H,1H3. The molecule has 1 N–H and O–H groups in total. The third kappa shape index (κ3) is 3.43. The second kappa shape index (κ2) is 5.61. The van der Waals surface area contributed by atoms with Gasteiger partial charge in [0.2, 0.25) is 0 Å². The maximum absolute atomic E-state index is 13.1. The van der Waals surface area contributed by atoms with Crippen molar-refractivity contribution in [2.45, 2.75) is 11.8 Å². The van der Waals surface area contributed by atoms with Crippen LogP contribution < -0.4 is 4.72 Å². The van der Waals surface area contributed by atoms with Gasteiger partial charge in [-0.15, -0.1) is 0 Å². The van der Waals surface area contributed by atoms with Crippen LogP contribution >= 0.6 is 0 Å². The van der Waals surface area contributed by atoms with Crippen molar-refractivity contribution in [3.8, 4) is 0 Å². The van der Waals surface area contributed by atoms with E-state index < -0.39 is 26.6 Å². The summed E-state index contributed by atoms with van der Waals surface area (Å²) in [6, 6.07) is 7.93. The van der Waals surface area contributed by atoms with Gasteiger partial charge in [-0.05, 0) is 31.2 Å². The molecule has 0 fully saturated rings. The molecule has 2 aromatic rings. The Morgan fingerprint density at radius 3 is 2.19 bits per heavy atom. The van der Waals surface area contributed by atoms with Crippen molar-refractivity contribution in [1.29, 1.82) is 0 Å². The largest absolute Gasteiger partial charge is 0.294 e. The van der Waals surface area contributed by atoms with E-state index in [2.05, 4.69) is 4.72 Å². The molecule has 7 heteroatoms. The zero-order valence-corrected chi connectivity index (χ0v) is 11.7. The van der Waals surface area contributed by atoms with Gasteiger partial charge in [0.25, 0.3) is 10.0 Å². The number of ketones is 1. The van der Waals surface area contributed by atoms with Gasteiger partial charge in [-0.3, -0.25) is 9.52 Å². The summed E-state index contributed by atoms with van der Waals surface area (Å²) >= 11 is 0. The molecule has 2 aromatic carbocycles. The van der Waals surface area contributed by atoms with Gasteiger partial charge >= 0.3 is 0 Å². The van der Waals surface area contributed by atoms with E-state index in [4.69, 9.17) is 0 Å². The highest BCUT2D eigenvalue weighted by molar-refractivity contribution is 7.92. The average Bonchev–Trinajstić information content (AvgIpc) is 2.37. The van der Waals surface area contributed by atoms with E-state index in [1.54, 1.807) is 6.07 Å². The lowest BCUT2D eigenvalue weighted by Gasteiger charge is -2.11. The minimum absolute atomic E-state index is 0.0506. The quantitative estimate of drug-likeness (QED) is 0.883. The van der Waals surface area contributed by atoms with E-state index in [1.165, 1.54) is 25.1 Å². The molecule has 110 valence electrons. The van der Waals surface area contributed by atoms with Crippen molar-refractivity contribution in [1.82, 2.24) is 0 Å². The number of anilines is 1. The van der Waals surface area contributed by atoms with Gasteiger partial charge < -0.3 is 0 Å². The fourth-order valence-corrected chi connectivity index (χ4v) is 2.89. The second-order valence-electron chi connectivity index (χ2n) is 4.31. The Bertz CT molecular complexity index is 783. The number of Topliss-reactive ketones (excluding diaryl/α,β-unsaturated/α-hetero) is 1. The van der Waals surface area contributed by atoms with Gasteiger partial charge in [-0.2, -0.15) is 0 Å². The first-order valence-electron chi connectivity index (χ1n) is 5.88. The Morgan fingerprint density at radius 2 is 1.62 bits per heavy atom. The van der Waals surface area contributed by atoms with Crippen LogP contribution in [-0.4, -0.2) is 14.2 Å². The van der Waals surface area contributed by atoms with Crippen LogP contribution in [-0.2, 0) is 10.0 Å². The molecular formula is C14H11F2NO3S. The molecule has 0 heterocycles. The molecule has 0 saturated carbocycles. The van der Waals surface area contributed by atoms with E-state index in [0.29, 0.717) is 18.2 Å². The maximum atomic E-state index is 13.1. The summed E-state index contributed by atoms with van der Waals surface area (Å²) in [5, 5.41) is 0. The van der Waals surface area contributed by atoms with E-state index in [-0.39, 0.29) is 17.0 Å². The number of benzene rings is 2. The van der Waals surface area contributed by atoms with Gasteiger partial charge in [0.1, 0.15) is 11.6 Å². The number of para-hydroxylation sites is 1. The van der Waals surface area contributed by atoms with Crippen LogP contribution in [0.25, 0.3) is 0 Å². The fraction of sp³-hybridized carbons (Fsp3) is 0.0714. The molecule has 21 heavy (non-hydrogen) atoms. The topological polar surface area (TPSA) is 63.2 Å². The second-order valence-corrected chi connectivity index (χ2v) is 5.99. The predicted molar refractivity (Wildman–Crippen MR) is 73.6 cm³/mol. The Labute approximate surface area is 120 Å². The van der Waals surface area contributed by atoms with E-state index >= 15 is 0 Å². The minimum Gasteiger partial charge on any atom is -0.294 e. The Balaban J connectivity index is 2.45. The molecule has 4 nitrogen and oxygen atoms in total. The first kappa shape index (κ1) is 15.1. The van der Waals surface area contributed by atoms with Crippen LogP contribution in [0.1, 0.15) is 17.3 Å². The predicted octanol–water partition coefficient (Wildman–Crippen LogP) is 2.97. The molecule has 0 aliphatic carbocycles. The molecule has 0 radical (unpaired) electrons. The van der Waals surface area contributed by atoms with Gasteiger partial charge in [0, 0.05) is 11.6 Å². The zero-order valence-electron chi connectivity index (χ0n) is 10.9. The third-order valence-corrected chi connectivity index (χ3v) is 4.04. The van der Waals surface area contributed by atoms with Gasteiger partial charge in [0.15, 0.2) is 5.78 Å². The number of carbonyl (C=O) groups is 1. The van der Waals surface area contributed by atoms with Crippen LogP contribution in [0, 0.1) is 11.6 Å². The first-order chi connectivity index (χ1) is 9.79. The number of sulfonamides is 1. The Kier molecular flexibility index (Phi) is 4.04. The molecule has 0 unspecified atom stereocenters. The smallest absolute Gasteiger partial charge is 0.262 e. The Hall–Kier alpha value is -2.28. The van der Waals surface area contributed by atoms with Crippen molar-refractivity contribution in [3.05, 3.63) is 59.7 Å². The molecule has 0 aromatic heterocycles. The van der Waals surface area contributed by atoms with Crippen LogP contribution in [0.3, 0.4) is 0 Å². The summed E-state index contributed by atoms with van der Waals surface area (Å²) in [6.45, 7) is 1.29. The molecule has 0 bridgehead atoms. The molecular weight excluding hydrogens is 300 g/mol. The van der Waals surface area contributed by atoms with Crippen molar-refractivity contribution >= 4 is 21.5 Å². The highest BCUT2D eigenvalue weighted by Gasteiger charge is 2.19. The molecule has 0 aliphatic rings. The lowest BCUT2D eigenvalue weighted by molar-refractivity contribution is 0.101. The van der Waals surface area contributed by atoms with Crippen molar-refractivity contribution in [2.24, 2.45) is 0 Å². The molecule has 0 amide bonds. The summed E-state index contributed by atoms with van der Waals surface area (Å²) in [5.74, 6) is -2.34. The maximum Gasteiger partial charge on any atom is 0.262 e. The van der Waals surface area contributed by atoms with Crippen molar-refractivity contribution in [3.63, 3.8) is 0 Å². The molecule has 0 spiro atoms. The molecule has 0 saturated heterocycles. The van der Waals surface area contributed by atoms with Crippen LogP contribution in [0.5, 0.6) is 0 Å². The average molecular weight is 311 g/mol. The van der Waals surface area contributed by atoms with E-state index in [9.17, 15) is 22.0 Å². The summed E-state index contributed by atoms with van der Waals surface area (Å²) in [4.78, 5) is 10.9. The highest BCUT2D eigenvalue weighted by atomic mass is 32.2. The van der Waals surface area contributed by atoms with Crippen molar-refractivity contribution in [2.75, 3.05) is 4.72 Å². The molecule has 2 rings (SSSR count). The number of rotatable bonds is 4. The van der Waals surface area contributed by atoms with Crippen molar-refractivity contribution < 1.29 is 22.0 Å². The van der Waals surface area contributed by atoms with Crippen LogP contribution in [0.4, 0.5) is 14.5 Å². The zero-order chi connectivity index (χ0) is 15.6. The Morgan fingerprint density at radius 1 is 1.05 bits per heavy atom. The minimum atomic E-state index is -4.20. The number of halogens is 2. The van der Waals surface area contributed by atoms with Crippen LogP contribution in [0.2, 0.25) is 0 Å². The van der Waals surface area contributed by atoms with Gasteiger partial charge in [0.05, 0.1) is 10.6 Å². The lowest BCUT2D eigenvalue weighted by atomic mass is 10.1. The lowest BCUT2D eigenvalue weighted by Crippen LogP contribution is -2.15. The number of hydrogen-bond donors (Lipinski definition) is 1.